The van der Waals surface area contributed by atoms with Gasteiger partial charge in [-0.25, -0.2) is 4.68 Å². The molecule has 0 aliphatic carbocycles. The number of carbonyl (C=O) groups excluding carboxylic acids is 2. The molecule has 5 rings (SSSR count). The van der Waals surface area contributed by atoms with E-state index < -0.39 is 5.25 Å². The van der Waals surface area contributed by atoms with Gasteiger partial charge in [-0.1, -0.05) is 78.5 Å². The Bertz CT molecular complexity index is 1420. The molecule has 2 heterocycles. The molecule has 1 aliphatic heterocycles. The Morgan fingerprint density at radius 1 is 1.00 bits per heavy atom. The third-order valence-electron chi connectivity index (χ3n) is 5.36. The highest BCUT2D eigenvalue weighted by atomic mass is 32.2. The van der Waals surface area contributed by atoms with Crippen LogP contribution in [0.15, 0.2) is 107 Å². The number of para-hydroxylation sites is 2. The summed E-state index contributed by atoms with van der Waals surface area (Å²) in [5, 5.41) is 18.4. The van der Waals surface area contributed by atoms with Crippen molar-refractivity contribution >= 4 is 40.6 Å². The van der Waals surface area contributed by atoms with Crippen LogP contribution in [-0.2, 0) is 9.59 Å². The summed E-state index contributed by atoms with van der Waals surface area (Å²) in [7, 11) is 0. The molecule has 2 amide bonds. The average molecular weight is 495 g/mol. The second kappa shape index (κ2) is 10.8. The van der Waals surface area contributed by atoms with E-state index in [-0.39, 0.29) is 18.2 Å². The second-order valence-corrected chi connectivity index (χ2v) is 9.13. The Balaban J connectivity index is 1.30. The number of aromatic nitrogens is 2. The Kier molecular flexibility index (Phi) is 7.00. The maximum absolute atomic E-state index is 12.3. The van der Waals surface area contributed by atoms with Crippen LogP contribution in [0.25, 0.3) is 16.9 Å². The molecule has 1 unspecified atom stereocenters. The van der Waals surface area contributed by atoms with Crippen LogP contribution in [0, 0.1) is 0 Å². The number of anilines is 1. The lowest BCUT2D eigenvalue weighted by Gasteiger charge is -2.06. The first-order valence-corrected chi connectivity index (χ1v) is 12.2. The largest absolute Gasteiger partial charge is 0.326 e. The summed E-state index contributed by atoms with van der Waals surface area (Å²) in [6, 6.07) is 28.8. The van der Waals surface area contributed by atoms with Crippen molar-refractivity contribution in [2.24, 2.45) is 10.2 Å². The van der Waals surface area contributed by atoms with Gasteiger partial charge in [-0.15, -0.1) is 5.10 Å². The van der Waals surface area contributed by atoms with Gasteiger partial charge in [0.15, 0.2) is 5.17 Å². The molecule has 1 fully saturated rings. The van der Waals surface area contributed by atoms with Crippen LogP contribution < -0.4 is 10.6 Å². The lowest BCUT2D eigenvalue weighted by Crippen LogP contribution is -2.28. The fraction of sp³-hybridized carbons (Fsp3) is 0.0741. The van der Waals surface area contributed by atoms with Gasteiger partial charge >= 0.3 is 0 Å². The fourth-order valence-electron chi connectivity index (χ4n) is 3.65. The van der Waals surface area contributed by atoms with E-state index in [9.17, 15) is 9.59 Å². The molecule has 0 spiro atoms. The molecular weight excluding hydrogens is 472 g/mol. The van der Waals surface area contributed by atoms with Gasteiger partial charge in [0.1, 0.15) is 10.9 Å². The predicted molar refractivity (Wildman–Crippen MR) is 143 cm³/mol. The van der Waals surface area contributed by atoms with Crippen LogP contribution in [0.4, 0.5) is 5.69 Å². The van der Waals surface area contributed by atoms with Crippen LogP contribution in [0.3, 0.4) is 0 Å². The predicted octanol–water partition coefficient (Wildman–Crippen LogP) is 4.49. The van der Waals surface area contributed by atoms with Crippen LogP contribution in [0.2, 0.25) is 0 Å². The van der Waals surface area contributed by atoms with Crippen molar-refractivity contribution in [3.8, 4) is 16.9 Å². The van der Waals surface area contributed by atoms with Gasteiger partial charge in [0.05, 0.1) is 11.9 Å². The first-order chi connectivity index (χ1) is 17.7. The third-order valence-corrected chi connectivity index (χ3v) is 6.43. The standard InChI is InChI=1S/C27H22N6O2S/c34-24(29-21-12-6-2-7-13-21)16-23-26(35)30-27(36-23)31-28-17-20-18-33(22-14-8-3-9-15-22)32-25(20)19-10-4-1-5-11-19/h1-15,17-18,23H,16H2,(H,29,34)(H,30,31,35)/b28-17+. The van der Waals surface area contributed by atoms with E-state index in [2.05, 4.69) is 20.8 Å². The maximum Gasteiger partial charge on any atom is 0.240 e. The van der Waals surface area contributed by atoms with Crippen LogP contribution in [0.5, 0.6) is 0 Å². The zero-order valence-electron chi connectivity index (χ0n) is 19.1. The first kappa shape index (κ1) is 23.3. The van der Waals surface area contributed by atoms with Gasteiger partial charge < -0.3 is 10.6 Å². The molecule has 9 heteroatoms. The number of benzene rings is 3. The molecule has 1 saturated heterocycles. The Labute approximate surface area is 212 Å². The first-order valence-electron chi connectivity index (χ1n) is 11.3. The number of hydrogen-bond donors (Lipinski definition) is 2. The minimum Gasteiger partial charge on any atom is -0.326 e. The second-order valence-electron chi connectivity index (χ2n) is 7.94. The number of amidine groups is 1. The highest BCUT2D eigenvalue weighted by Gasteiger charge is 2.32. The number of rotatable bonds is 7. The third kappa shape index (κ3) is 5.59. The van der Waals surface area contributed by atoms with Gasteiger partial charge in [0, 0.05) is 29.4 Å². The van der Waals surface area contributed by atoms with Gasteiger partial charge in [-0.2, -0.15) is 10.2 Å². The summed E-state index contributed by atoms with van der Waals surface area (Å²) < 4.78 is 1.80. The van der Waals surface area contributed by atoms with E-state index in [0.717, 1.165) is 22.5 Å². The molecule has 0 bridgehead atoms. The molecule has 1 aliphatic rings. The Hall–Kier alpha value is -4.50. The quantitative estimate of drug-likeness (QED) is 0.292. The van der Waals surface area contributed by atoms with Crippen LogP contribution in [-0.4, -0.2) is 38.2 Å². The van der Waals surface area contributed by atoms with E-state index >= 15 is 0 Å². The van der Waals surface area contributed by atoms with Crippen molar-refractivity contribution in [1.82, 2.24) is 15.1 Å². The summed E-state index contributed by atoms with van der Waals surface area (Å²) >= 11 is 1.19. The van der Waals surface area contributed by atoms with Crippen molar-refractivity contribution in [3.05, 3.63) is 103 Å². The summed E-state index contributed by atoms with van der Waals surface area (Å²) in [6.45, 7) is 0. The van der Waals surface area contributed by atoms with Gasteiger partial charge in [-0.3, -0.25) is 9.59 Å². The highest BCUT2D eigenvalue weighted by molar-refractivity contribution is 8.15. The van der Waals surface area contributed by atoms with E-state index in [1.165, 1.54) is 11.8 Å². The summed E-state index contributed by atoms with van der Waals surface area (Å²) in [5.74, 6) is -0.501. The normalized spacial score (nSPS) is 16.4. The molecule has 2 N–H and O–H groups in total. The number of hydrogen-bond acceptors (Lipinski definition) is 6. The molecule has 1 aromatic heterocycles. The number of nitrogens with one attached hydrogen (secondary N) is 2. The smallest absolute Gasteiger partial charge is 0.240 e. The molecule has 4 aromatic rings. The zero-order chi connectivity index (χ0) is 24.7. The van der Waals surface area contributed by atoms with Gasteiger partial charge in [-0.05, 0) is 24.3 Å². The van der Waals surface area contributed by atoms with Crippen LogP contribution in [0.1, 0.15) is 12.0 Å². The molecule has 36 heavy (non-hydrogen) atoms. The lowest BCUT2D eigenvalue weighted by molar-refractivity contribution is -0.122. The van der Waals surface area contributed by atoms with Crippen LogP contribution >= 0.6 is 11.8 Å². The number of nitrogens with zero attached hydrogens (tertiary/aromatic N) is 4. The monoisotopic (exact) mass is 494 g/mol. The highest BCUT2D eigenvalue weighted by Crippen LogP contribution is 2.24. The molecule has 3 aromatic carbocycles. The Morgan fingerprint density at radius 2 is 1.67 bits per heavy atom. The SMILES string of the molecule is O=C(CC1S/C(=N\N=C\c2cn(-c3ccccc3)nc2-c2ccccc2)NC1=O)Nc1ccccc1. The molecule has 0 saturated carbocycles. The van der Waals surface area contributed by atoms with Crippen molar-refractivity contribution in [2.75, 3.05) is 5.32 Å². The van der Waals surface area contributed by atoms with Crippen molar-refractivity contribution in [2.45, 2.75) is 11.7 Å². The fourth-order valence-corrected chi connectivity index (χ4v) is 4.57. The lowest BCUT2D eigenvalue weighted by atomic mass is 10.1. The van der Waals surface area contributed by atoms with Gasteiger partial charge in [0.25, 0.3) is 0 Å². The zero-order valence-corrected chi connectivity index (χ0v) is 19.9. The number of thioether (sulfide) groups is 1. The van der Waals surface area contributed by atoms with E-state index in [1.54, 1.807) is 23.0 Å². The molecule has 178 valence electrons. The van der Waals surface area contributed by atoms with Crippen molar-refractivity contribution in [1.29, 1.82) is 0 Å². The van der Waals surface area contributed by atoms with Crippen molar-refractivity contribution in [3.63, 3.8) is 0 Å². The average Bonchev–Trinajstić information content (AvgIpc) is 3.49. The molecule has 8 nitrogen and oxygen atoms in total. The number of amides is 2. The minimum absolute atomic E-state index is 0.0378. The topological polar surface area (TPSA) is 101 Å². The van der Waals surface area contributed by atoms with E-state index in [1.807, 2.05) is 85.1 Å². The summed E-state index contributed by atoms with van der Waals surface area (Å²) in [6.07, 6.45) is 3.54. The van der Waals surface area contributed by atoms with E-state index in [0.29, 0.717) is 10.9 Å². The van der Waals surface area contributed by atoms with Crippen molar-refractivity contribution < 1.29 is 9.59 Å². The number of carbonyl (C=O) groups is 2. The maximum atomic E-state index is 12.3. The van der Waals surface area contributed by atoms with E-state index in [4.69, 9.17) is 5.10 Å². The minimum atomic E-state index is -0.566. The molecule has 0 radical (unpaired) electrons. The van der Waals surface area contributed by atoms with Gasteiger partial charge in [0.2, 0.25) is 11.8 Å². The summed E-state index contributed by atoms with van der Waals surface area (Å²) in [5.41, 5.74) is 4.12. The molecule has 1 atom stereocenters. The Morgan fingerprint density at radius 3 is 2.39 bits per heavy atom. The molecular formula is C27H22N6O2S. The summed E-state index contributed by atoms with van der Waals surface area (Å²) in [4.78, 5) is 24.7.